The molecule has 4 aromatic carbocycles. The normalized spacial score (nSPS) is 9.83. The van der Waals surface area contributed by atoms with E-state index >= 15 is 0 Å². The summed E-state index contributed by atoms with van der Waals surface area (Å²) in [7, 11) is 3.06. The number of nitrogen functional groups attached to an aromatic ring is 1. The Morgan fingerprint density at radius 3 is 1.53 bits per heavy atom. The quantitative estimate of drug-likeness (QED) is 0.0565. The molecule has 0 aliphatic carbocycles. The smallest absolute Gasteiger partial charge is 0.306 e. The van der Waals surface area contributed by atoms with E-state index in [4.69, 9.17) is 31.5 Å². The first-order valence-corrected chi connectivity index (χ1v) is 16.9. The molecule has 0 fully saturated rings. The third-order valence-electron chi connectivity index (χ3n) is 7.02. The number of hydrogen-bond acceptors (Lipinski definition) is 11. The third kappa shape index (κ3) is 15.4. The van der Waals surface area contributed by atoms with E-state index in [-0.39, 0.29) is 55.7 Å². The zero-order valence-electron chi connectivity index (χ0n) is 30.0. The zero-order valence-corrected chi connectivity index (χ0v) is 30.8. The lowest BCUT2D eigenvalue weighted by Gasteiger charge is -2.12. The van der Waals surface area contributed by atoms with Crippen molar-refractivity contribution in [3.63, 3.8) is 0 Å². The molecular formula is C40H43ClN2O10. The Kier molecular flexibility index (Phi) is 19.1. The molecule has 0 saturated heterocycles. The van der Waals surface area contributed by atoms with E-state index in [9.17, 15) is 28.8 Å². The fourth-order valence-corrected chi connectivity index (χ4v) is 4.49. The standard InChI is InChI=1S/C20H21NO5.C14H13NO2.C6H9ClO3/c1-3-26-19(23)12-11-18(22)21-17-10-9-15(25-2)13-16(17)20(24)14-7-5-4-6-8-14;1-17-11-7-8-13(15)12(9-11)14(16)10-5-3-2-4-6-10;1-2-10-6(9)4-3-5(7)8/h4-10,13H,3,11-12H2,1-2H3,(H,21,22);2-9H,15H2,1H3;2-4H2,1H3. The van der Waals surface area contributed by atoms with Gasteiger partial charge in [0.05, 0.1) is 46.0 Å². The second kappa shape index (κ2) is 23.5. The van der Waals surface area contributed by atoms with E-state index in [2.05, 4.69) is 10.1 Å². The zero-order chi connectivity index (χ0) is 39.2. The Morgan fingerprint density at radius 1 is 0.604 bits per heavy atom. The minimum absolute atomic E-state index is 0.0161. The summed E-state index contributed by atoms with van der Waals surface area (Å²) < 4.78 is 19.6. The van der Waals surface area contributed by atoms with Crippen molar-refractivity contribution in [3.05, 3.63) is 119 Å². The summed E-state index contributed by atoms with van der Waals surface area (Å²) in [5, 5.41) is 2.18. The molecule has 4 aromatic rings. The Hall–Kier alpha value is -6.01. The molecule has 280 valence electrons. The number of hydrogen-bond donors (Lipinski definition) is 2. The number of anilines is 2. The first kappa shape index (κ1) is 43.2. The van der Waals surface area contributed by atoms with Crippen LogP contribution in [0.15, 0.2) is 97.1 Å². The highest BCUT2D eigenvalue weighted by molar-refractivity contribution is 6.63. The molecule has 0 bridgehead atoms. The molecular weight excluding hydrogens is 704 g/mol. The molecule has 0 spiro atoms. The SMILES string of the molecule is CCOC(=O)CCC(=O)Cl.CCOC(=O)CCC(=O)Nc1ccc(OC)cc1C(=O)c1ccccc1.COc1ccc(N)c(C(=O)c2ccccc2)c1. The van der Waals surface area contributed by atoms with Crippen LogP contribution >= 0.6 is 11.6 Å². The number of amides is 1. The molecule has 0 saturated carbocycles. The number of methoxy groups -OCH3 is 2. The molecule has 0 unspecified atom stereocenters. The van der Waals surface area contributed by atoms with Crippen LogP contribution in [0.2, 0.25) is 0 Å². The van der Waals surface area contributed by atoms with E-state index in [1.54, 1.807) is 93.8 Å². The van der Waals surface area contributed by atoms with Gasteiger partial charge in [-0.3, -0.25) is 28.8 Å². The highest BCUT2D eigenvalue weighted by atomic mass is 35.5. The van der Waals surface area contributed by atoms with Crippen molar-refractivity contribution in [2.75, 3.05) is 38.5 Å². The van der Waals surface area contributed by atoms with Gasteiger partial charge in [0.1, 0.15) is 11.5 Å². The van der Waals surface area contributed by atoms with Crippen molar-refractivity contribution in [2.24, 2.45) is 0 Å². The van der Waals surface area contributed by atoms with Gasteiger partial charge < -0.3 is 30.0 Å². The highest BCUT2D eigenvalue weighted by Gasteiger charge is 2.17. The van der Waals surface area contributed by atoms with Crippen LogP contribution in [-0.4, -0.2) is 62.1 Å². The van der Waals surface area contributed by atoms with Gasteiger partial charge in [0.15, 0.2) is 11.6 Å². The van der Waals surface area contributed by atoms with E-state index in [0.717, 1.165) is 0 Å². The lowest BCUT2D eigenvalue weighted by Crippen LogP contribution is -2.17. The second-order valence-electron chi connectivity index (χ2n) is 10.8. The van der Waals surface area contributed by atoms with Crippen molar-refractivity contribution in [1.82, 2.24) is 0 Å². The van der Waals surface area contributed by atoms with Crippen LogP contribution in [0.3, 0.4) is 0 Å². The minimum Gasteiger partial charge on any atom is -0.497 e. The molecule has 4 rings (SSSR count). The first-order valence-electron chi connectivity index (χ1n) is 16.5. The van der Waals surface area contributed by atoms with E-state index < -0.39 is 11.2 Å². The highest BCUT2D eigenvalue weighted by Crippen LogP contribution is 2.25. The fraction of sp³-hybridized carbons (Fsp3) is 0.250. The molecule has 53 heavy (non-hydrogen) atoms. The maximum absolute atomic E-state index is 12.8. The largest absolute Gasteiger partial charge is 0.497 e. The predicted molar refractivity (Wildman–Crippen MR) is 201 cm³/mol. The van der Waals surface area contributed by atoms with Crippen LogP contribution in [-0.2, 0) is 28.7 Å². The molecule has 13 heteroatoms. The van der Waals surface area contributed by atoms with Crippen molar-refractivity contribution in [1.29, 1.82) is 0 Å². The molecule has 0 aliphatic rings. The third-order valence-corrected chi connectivity index (χ3v) is 7.20. The number of ketones is 2. The summed E-state index contributed by atoms with van der Waals surface area (Å²) in [4.78, 5) is 69.1. The number of carbonyl (C=O) groups is 6. The Morgan fingerprint density at radius 2 is 1.06 bits per heavy atom. The second-order valence-corrected chi connectivity index (χ2v) is 11.2. The minimum atomic E-state index is -0.506. The average molecular weight is 747 g/mol. The van der Waals surface area contributed by atoms with Crippen LogP contribution in [0, 0.1) is 0 Å². The van der Waals surface area contributed by atoms with E-state index in [1.165, 1.54) is 7.11 Å². The van der Waals surface area contributed by atoms with Gasteiger partial charge in [0.25, 0.3) is 0 Å². The van der Waals surface area contributed by atoms with Gasteiger partial charge in [-0.05, 0) is 61.8 Å². The molecule has 1 amide bonds. The molecule has 3 N–H and O–H groups in total. The van der Waals surface area contributed by atoms with Gasteiger partial charge in [0, 0.05) is 40.8 Å². The summed E-state index contributed by atoms with van der Waals surface area (Å²) in [6.07, 6.45) is 0.0954. The molecule has 0 atom stereocenters. The maximum Gasteiger partial charge on any atom is 0.306 e. The van der Waals surface area contributed by atoms with Crippen molar-refractivity contribution < 1.29 is 47.7 Å². The van der Waals surface area contributed by atoms with Crippen molar-refractivity contribution >= 4 is 57.6 Å². The molecule has 0 heterocycles. The van der Waals surface area contributed by atoms with Crippen LogP contribution < -0.4 is 20.5 Å². The van der Waals surface area contributed by atoms with Crippen molar-refractivity contribution in [3.8, 4) is 11.5 Å². The summed E-state index contributed by atoms with van der Waals surface area (Å²) in [6.45, 7) is 4.03. The summed E-state index contributed by atoms with van der Waals surface area (Å²) in [5.41, 5.74) is 8.54. The van der Waals surface area contributed by atoms with E-state index in [0.29, 0.717) is 51.7 Å². The fourth-order valence-electron chi connectivity index (χ4n) is 4.39. The lowest BCUT2D eigenvalue weighted by atomic mass is 10.0. The van der Waals surface area contributed by atoms with Crippen LogP contribution in [0.5, 0.6) is 11.5 Å². The lowest BCUT2D eigenvalue weighted by molar-refractivity contribution is -0.144. The monoisotopic (exact) mass is 746 g/mol. The predicted octanol–water partition coefficient (Wildman–Crippen LogP) is 6.81. The molecule has 0 radical (unpaired) electrons. The average Bonchev–Trinajstić information content (AvgIpc) is 3.17. The Labute approximate surface area is 313 Å². The van der Waals surface area contributed by atoms with Crippen molar-refractivity contribution in [2.45, 2.75) is 39.5 Å². The number of rotatable bonds is 15. The number of nitrogens with two attached hydrogens (primary N) is 1. The molecule has 12 nitrogen and oxygen atoms in total. The summed E-state index contributed by atoms with van der Waals surface area (Å²) in [5.74, 6) is -0.376. The van der Waals surface area contributed by atoms with Crippen LogP contribution in [0.4, 0.5) is 11.4 Å². The molecule has 0 aliphatic heterocycles. The van der Waals surface area contributed by atoms with Crippen LogP contribution in [0.1, 0.15) is 71.4 Å². The van der Waals surface area contributed by atoms with Gasteiger partial charge in [-0.2, -0.15) is 0 Å². The Balaban J connectivity index is 0.000000308. The number of benzene rings is 4. The number of nitrogens with one attached hydrogen (secondary N) is 1. The molecule has 0 aromatic heterocycles. The Bertz CT molecular complexity index is 1830. The summed E-state index contributed by atoms with van der Waals surface area (Å²) >= 11 is 4.98. The first-order chi connectivity index (χ1) is 25.4. The van der Waals surface area contributed by atoms with Gasteiger partial charge in [-0.25, -0.2) is 0 Å². The van der Waals surface area contributed by atoms with Gasteiger partial charge >= 0.3 is 11.9 Å². The number of carbonyl (C=O) groups excluding carboxylic acids is 6. The van der Waals surface area contributed by atoms with E-state index in [1.807, 2.05) is 24.3 Å². The van der Waals surface area contributed by atoms with Crippen LogP contribution in [0.25, 0.3) is 0 Å². The number of ether oxygens (including phenoxy) is 4. The van der Waals surface area contributed by atoms with Gasteiger partial charge in [-0.15, -0.1) is 0 Å². The number of esters is 2. The van der Waals surface area contributed by atoms with Gasteiger partial charge in [-0.1, -0.05) is 60.7 Å². The maximum atomic E-state index is 12.8. The van der Waals surface area contributed by atoms with Gasteiger partial charge in [0.2, 0.25) is 11.1 Å². The number of halogens is 1. The topological polar surface area (TPSA) is 177 Å². The summed E-state index contributed by atoms with van der Waals surface area (Å²) in [6, 6.07) is 27.7.